The molecule has 4 heteroatoms. The van der Waals surface area contributed by atoms with Gasteiger partial charge in [0.1, 0.15) is 5.69 Å². The lowest BCUT2D eigenvalue weighted by molar-refractivity contribution is 0.917. The highest BCUT2D eigenvalue weighted by atomic mass is 15.0. The van der Waals surface area contributed by atoms with Gasteiger partial charge in [-0.05, 0) is 18.6 Å². The highest BCUT2D eigenvalue weighted by Gasteiger charge is 2.04. The second-order valence-electron chi connectivity index (χ2n) is 3.72. The SMILES string of the molecule is CCCNc1ccnc(-c2nccn2C)c1. The molecular weight excluding hydrogens is 200 g/mol. The largest absolute Gasteiger partial charge is 0.385 e. The fraction of sp³-hybridized carbons (Fsp3) is 0.333. The summed E-state index contributed by atoms with van der Waals surface area (Å²) in [4.78, 5) is 8.61. The van der Waals surface area contributed by atoms with Crippen LogP contribution in [0.2, 0.25) is 0 Å². The zero-order chi connectivity index (χ0) is 11.4. The third-order valence-corrected chi connectivity index (χ3v) is 2.39. The number of pyridine rings is 1. The maximum atomic E-state index is 4.33. The molecule has 0 amide bonds. The molecule has 2 aromatic heterocycles. The summed E-state index contributed by atoms with van der Waals surface area (Å²) in [6, 6.07) is 4.00. The molecule has 16 heavy (non-hydrogen) atoms. The lowest BCUT2D eigenvalue weighted by atomic mass is 10.3. The van der Waals surface area contributed by atoms with Crippen LogP contribution in [0, 0.1) is 0 Å². The number of anilines is 1. The lowest BCUT2D eigenvalue weighted by Gasteiger charge is -2.06. The fourth-order valence-corrected chi connectivity index (χ4v) is 1.54. The van der Waals surface area contributed by atoms with Crippen molar-refractivity contribution in [3.63, 3.8) is 0 Å². The van der Waals surface area contributed by atoms with E-state index < -0.39 is 0 Å². The Balaban J connectivity index is 2.26. The molecule has 0 radical (unpaired) electrons. The van der Waals surface area contributed by atoms with Gasteiger partial charge in [0.25, 0.3) is 0 Å². The normalized spacial score (nSPS) is 10.4. The van der Waals surface area contributed by atoms with Gasteiger partial charge in [0.05, 0.1) is 0 Å². The van der Waals surface area contributed by atoms with E-state index in [1.165, 1.54) is 0 Å². The summed E-state index contributed by atoms with van der Waals surface area (Å²) in [6.45, 7) is 3.12. The quantitative estimate of drug-likeness (QED) is 0.852. The molecule has 0 spiro atoms. The minimum Gasteiger partial charge on any atom is -0.385 e. The Morgan fingerprint density at radius 3 is 2.88 bits per heavy atom. The maximum Gasteiger partial charge on any atom is 0.158 e. The van der Waals surface area contributed by atoms with Crippen LogP contribution in [0.1, 0.15) is 13.3 Å². The third-order valence-electron chi connectivity index (χ3n) is 2.39. The van der Waals surface area contributed by atoms with E-state index in [0.717, 1.165) is 30.2 Å². The second kappa shape index (κ2) is 4.79. The molecule has 0 aromatic carbocycles. The second-order valence-corrected chi connectivity index (χ2v) is 3.72. The third kappa shape index (κ3) is 2.21. The van der Waals surface area contributed by atoms with Crippen molar-refractivity contribution in [2.24, 2.45) is 7.05 Å². The number of imidazole rings is 1. The summed E-state index contributed by atoms with van der Waals surface area (Å²) in [7, 11) is 1.97. The van der Waals surface area contributed by atoms with Crippen molar-refractivity contribution in [2.75, 3.05) is 11.9 Å². The number of nitrogens with zero attached hydrogens (tertiary/aromatic N) is 3. The molecule has 0 unspecified atom stereocenters. The molecule has 0 aliphatic heterocycles. The minimum atomic E-state index is 0.889. The van der Waals surface area contributed by atoms with Gasteiger partial charge in [-0.25, -0.2) is 4.98 Å². The van der Waals surface area contributed by atoms with Crippen LogP contribution in [0.25, 0.3) is 11.5 Å². The van der Waals surface area contributed by atoms with E-state index in [9.17, 15) is 0 Å². The monoisotopic (exact) mass is 216 g/mol. The van der Waals surface area contributed by atoms with Gasteiger partial charge in [0, 0.05) is 37.9 Å². The van der Waals surface area contributed by atoms with Gasteiger partial charge in [-0.2, -0.15) is 0 Å². The molecule has 84 valence electrons. The number of aryl methyl sites for hydroxylation is 1. The van der Waals surface area contributed by atoms with E-state index in [-0.39, 0.29) is 0 Å². The standard InChI is InChI=1S/C12H16N4/c1-3-5-13-10-4-6-14-11(9-10)12-15-7-8-16(12)2/h4,6-9H,3,5H2,1-2H3,(H,13,14). The number of aromatic nitrogens is 3. The Kier molecular flexibility index (Phi) is 3.19. The van der Waals surface area contributed by atoms with Crippen LogP contribution in [-0.4, -0.2) is 21.1 Å². The van der Waals surface area contributed by atoms with Crippen LogP contribution < -0.4 is 5.32 Å². The summed E-state index contributed by atoms with van der Waals surface area (Å²) in [5.74, 6) is 0.889. The maximum absolute atomic E-state index is 4.33. The van der Waals surface area contributed by atoms with Gasteiger partial charge in [-0.3, -0.25) is 4.98 Å². The highest BCUT2D eigenvalue weighted by molar-refractivity contribution is 5.57. The van der Waals surface area contributed by atoms with Crippen LogP contribution in [0.3, 0.4) is 0 Å². The molecular formula is C12H16N4. The predicted molar refractivity (Wildman–Crippen MR) is 65.2 cm³/mol. The molecule has 4 nitrogen and oxygen atoms in total. The topological polar surface area (TPSA) is 42.7 Å². The summed E-state index contributed by atoms with van der Waals surface area (Å²) in [6.07, 6.45) is 6.62. The summed E-state index contributed by atoms with van der Waals surface area (Å²) in [5, 5.41) is 3.34. The smallest absolute Gasteiger partial charge is 0.158 e. The molecule has 0 fully saturated rings. The first-order valence-electron chi connectivity index (χ1n) is 5.49. The van der Waals surface area contributed by atoms with Gasteiger partial charge in [0.2, 0.25) is 0 Å². The van der Waals surface area contributed by atoms with Crippen LogP contribution in [0.4, 0.5) is 5.69 Å². The number of hydrogen-bond acceptors (Lipinski definition) is 3. The predicted octanol–water partition coefficient (Wildman–Crippen LogP) is 2.30. The van der Waals surface area contributed by atoms with Crippen LogP contribution in [0.15, 0.2) is 30.7 Å². The Hall–Kier alpha value is -1.84. The Morgan fingerprint density at radius 1 is 1.31 bits per heavy atom. The van der Waals surface area contributed by atoms with Crippen molar-refractivity contribution in [1.29, 1.82) is 0 Å². The van der Waals surface area contributed by atoms with E-state index in [2.05, 4.69) is 22.2 Å². The molecule has 2 heterocycles. The molecule has 0 bridgehead atoms. The molecule has 0 saturated carbocycles. The van der Waals surface area contributed by atoms with Gasteiger partial charge in [-0.1, -0.05) is 6.92 Å². The average molecular weight is 216 g/mol. The van der Waals surface area contributed by atoms with Crippen LogP contribution in [0.5, 0.6) is 0 Å². The van der Waals surface area contributed by atoms with Crippen LogP contribution in [-0.2, 0) is 7.05 Å². The van der Waals surface area contributed by atoms with Crippen molar-refractivity contribution >= 4 is 5.69 Å². The highest BCUT2D eigenvalue weighted by Crippen LogP contribution is 2.17. The number of nitrogens with one attached hydrogen (secondary N) is 1. The van der Waals surface area contributed by atoms with E-state index in [4.69, 9.17) is 0 Å². The van der Waals surface area contributed by atoms with Gasteiger partial charge < -0.3 is 9.88 Å². The molecule has 1 N–H and O–H groups in total. The minimum absolute atomic E-state index is 0.889. The molecule has 0 saturated heterocycles. The fourth-order valence-electron chi connectivity index (χ4n) is 1.54. The molecule has 2 aromatic rings. The van der Waals surface area contributed by atoms with Crippen molar-refractivity contribution in [1.82, 2.24) is 14.5 Å². The first kappa shape index (κ1) is 10.7. The molecule has 0 atom stereocenters. The lowest BCUT2D eigenvalue weighted by Crippen LogP contribution is -2.01. The summed E-state index contributed by atoms with van der Waals surface area (Å²) in [5.41, 5.74) is 1.99. The van der Waals surface area contributed by atoms with E-state index >= 15 is 0 Å². The van der Waals surface area contributed by atoms with E-state index in [1.807, 2.05) is 36.1 Å². The van der Waals surface area contributed by atoms with Crippen molar-refractivity contribution in [3.05, 3.63) is 30.7 Å². The Bertz CT molecular complexity index is 462. The molecule has 0 aliphatic rings. The van der Waals surface area contributed by atoms with E-state index in [1.54, 1.807) is 6.20 Å². The zero-order valence-corrected chi connectivity index (χ0v) is 9.64. The van der Waals surface area contributed by atoms with Gasteiger partial charge in [0.15, 0.2) is 5.82 Å². The zero-order valence-electron chi connectivity index (χ0n) is 9.64. The first-order valence-corrected chi connectivity index (χ1v) is 5.49. The first-order chi connectivity index (χ1) is 7.81. The van der Waals surface area contributed by atoms with E-state index in [0.29, 0.717) is 0 Å². The summed E-state index contributed by atoms with van der Waals surface area (Å²) >= 11 is 0. The number of rotatable bonds is 4. The Labute approximate surface area is 95.4 Å². The van der Waals surface area contributed by atoms with Crippen molar-refractivity contribution in [3.8, 4) is 11.5 Å². The Morgan fingerprint density at radius 2 is 2.19 bits per heavy atom. The van der Waals surface area contributed by atoms with Crippen molar-refractivity contribution in [2.45, 2.75) is 13.3 Å². The molecule has 0 aliphatic carbocycles. The van der Waals surface area contributed by atoms with Crippen molar-refractivity contribution < 1.29 is 0 Å². The van der Waals surface area contributed by atoms with Gasteiger partial charge >= 0.3 is 0 Å². The average Bonchev–Trinajstić information content (AvgIpc) is 2.73. The van der Waals surface area contributed by atoms with Gasteiger partial charge in [-0.15, -0.1) is 0 Å². The van der Waals surface area contributed by atoms with Crippen LogP contribution >= 0.6 is 0 Å². The molecule has 2 rings (SSSR count). The summed E-state index contributed by atoms with van der Waals surface area (Å²) < 4.78 is 1.96. The number of hydrogen-bond donors (Lipinski definition) is 1.